The van der Waals surface area contributed by atoms with Crippen LogP contribution in [0.15, 0.2) is 0 Å². The Labute approximate surface area is 93.7 Å². The Hall–Kier alpha value is -2.16. The zero-order valence-corrected chi connectivity index (χ0v) is 8.23. The number of rotatable bonds is 4. The van der Waals surface area contributed by atoms with Gasteiger partial charge in [0.05, 0.1) is 11.8 Å². The van der Waals surface area contributed by atoms with E-state index >= 15 is 0 Å². The minimum absolute atomic E-state index is 1.60. The summed E-state index contributed by atoms with van der Waals surface area (Å²) >= 11 is 0. The number of carboxylic acid groups (broad SMARTS) is 4. The van der Waals surface area contributed by atoms with Gasteiger partial charge in [-0.3, -0.25) is 24.5 Å². The van der Waals surface area contributed by atoms with E-state index in [9.17, 15) is 19.2 Å². The van der Waals surface area contributed by atoms with Gasteiger partial charge in [0.2, 0.25) is 0 Å². The molecule has 0 amide bonds. The molecule has 4 atom stereocenters. The van der Waals surface area contributed by atoms with Crippen molar-refractivity contribution >= 4 is 23.9 Å². The van der Waals surface area contributed by atoms with Crippen molar-refractivity contribution in [3.05, 3.63) is 0 Å². The predicted molar refractivity (Wildman–Crippen MR) is 48.2 cm³/mol. The molecular weight excluding hydrogens is 238 g/mol. The Morgan fingerprint density at radius 1 is 0.647 bits per heavy atom. The van der Waals surface area contributed by atoms with E-state index in [0.717, 1.165) is 0 Å². The molecule has 0 radical (unpaired) electrons. The monoisotopic (exact) mass is 247 g/mol. The van der Waals surface area contributed by atoms with Crippen molar-refractivity contribution < 1.29 is 39.6 Å². The zero-order valence-electron chi connectivity index (χ0n) is 8.23. The third-order valence-electron chi connectivity index (χ3n) is 2.57. The summed E-state index contributed by atoms with van der Waals surface area (Å²) in [5.41, 5.74) is 0. The standard InChI is InChI=1S/C8H9NO8/c10-5(11)1-2(6(12)13)4(8(16)17)9-3(1)7(14)15/h1-4,9H,(H,10,11)(H,12,13)(H,14,15)(H,16,17). The molecular formula is C8H9NO8. The first-order chi connectivity index (χ1) is 7.77. The maximum Gasteiger partial charge on any atom is 0.321 e. The SMILES string of the molecule is O=C(O)C1NC(C(=O)O)C(C(=O)O)C1C(=O)O. The van der Waals surface area contributed by atoms with E-state index in [1.165, 1.54) is 0 Å². The lowest BCUT2D eigenvalue weighted by molar-refractivity contribution is -0.157. The predicted octanol–water partition coefficient (Wildman–Crippen LogP) is -2.10. The quantitative estimate of drug-likeness (QED) is 0.374. The normalized spacial score (nSPS) is 32.0. The lowest BCUT2D eigenvalue weighted by atomic mass is 9.87. The number of hydrogen-bond acceptors (Lipinski definition) is 5. The molecule has 0 aromatic carbocycles. The van der Waals surface area contributed by atoms with Crippen molar-refractivity contribution in [2.45, 2.75) is 12.1 Å². The Morgan fingerprint density at radius 2 is 0.941 bits per heavy atom. The maximum atomic E-state index is 10.8. The van der Waals surface area contributed by atoms with Gasteiger partial charge in [0, 0.05) is 0 Å². The molecule has 1 aliphatic heterocycles. The van der Waals surface area contributed by atoms with Crippen LogP contribution in [0.1, 0.15) is 0 Å². The lowest BCUT2D eigenvalue weighted by Gasteiger charge is -2.14. The highest BCUT2D eigenvalue weighted by molar-refractivity contribution is 5.93. The summed E-state index contributed by atoms with van der Waals surface area (Å²) < 4.78 is 0. The van der Waals surface area contributed by atoms with Crippen LogP contribution in [0.4, 0.5) is 0 Å². The van der Waals surface area contributed by atoms with Gasteiger partial charge in [0.1, 0.15) is 12.1 Å². The molecule has 1 rings (SSSR count). The largest absolute Gasteiger partial charge is 0.481 e. The number of carboxylic acids is 4. The molecule has 5 N–H and O–H groups in total. The summed E-state index contributed by atoms with van der Waals surface area (Å²) in [5.74, 6) is -10.2. The van der Waals surface area contributed by atoms with Crippen molar-refractivity contribution in [3.8, 4) is 0 Å². The molecule has 0 bridgehead atoms. The van der Waals surface area contributed by atoms with Crippen LogP contribution < -0.4 is 5.32 Å². The Balaban J connectivity index is 3.17. The van der Waals surface area contributed by atoms with E-state index in [1.807, 2.05) is 5.32 Å². The smallest absolute Gasteiger partial charge is 0.321 e. The minimum Gasteiger partial charge on any atom is -0.481 e. The molecule has 0 spiro atoms. The molecule has 9 nitrogen and oxygen atoms in total. The van der Waals surface area contributed by atoms with Crippen LogP contribution in [0.2, 0.25) is 0 Å². The number of carbonyl (C=O) groups is 4. The molecule has 0 aromatic rings. The van der Waals surface area contributed by atoms with E-state index in [0.29, 0.717) is 0 Å². The van der Waals surface area contributed by atoms with Crippen molar-refractivity contribution in [3.63, 3.8) is 0 Å². The fourth-order valence-electron chi connectivity index (χ4n) is 1.86. The van der Waals surface area contributed by atoms with E-state index in [4.69, 9.17) is 20.4 Å². The van der Waals surface area contributed by atoms with E-state index in [-0.39, 0.29) is 0 Å². The van der Waals surface area contributed by atoms with Gasteiger partial charge >= 0.3 is 23.9 Å². The summed E-state index contributed by atoms with van der Waals surface area (Å²) in [6.45, 7) is 0. The van der Waals surface area contributed by atoms with Gasteiger partial charge in [-0.2, -0.15) is 0 Å². The van der Waals surface area contributed by atoms with Crippen LogP contribution in [0.3, 0.4) is 0 Å². The van der Waals surface area contributed by atoms with Crippen molar-refractivity contribution in [1.82, 2.24) is 5.32 Å². The first-order valence-electron chi connectivity index (χ1n) is 4.44. The first-order valence-corrected chi connectivity index (χ1v) is 4.44. The van der Waals surface area contributed by atoms with E-state index < -0.39 is 47.8 Å². The fraction of sp³-hybridized carbons (Fsp3) is 0.500. The summed E-state index contributed by atoms with van der Waals surface area (Å²) in [6.07, 6.45) is 0. The van der Waals surface area contributed by atoms with Crippen LogP contribution in [-0.2, 0) is 19.2 Å². The number of hydrogen-bond donors (Lipinski definition) is 5. The Kier molecular flexibility index (Phi) is 3.32. The van der Waals surface area contributed by atoms with Crippen LogP contribution in [0.5, 0.6) is 0 Å². The maximum absolute atomic E-state index is 10.8. The van der Waals surface area contributed by atoms with E-state index in [2.05, 4.69) is 0 Å². The average Bonchev–Trinajstić information content (AvgIpc) is 2.56. The minimum atomic E-state index is -1.83. The van der Waals surface area contributed by atoms with Gasteiger partial charge in [-0.05, 0) is 0 Å². The van der Waals surface area contributed by atoms with Gasteiger partial charge in [0.25, 0.3) is 0 Å². The third-order valence-corrected chi connectivity index (χ3v) is 2.57. The second-order valence-electron chi connectivity index (χ2n) is 3.53. The molecule has 1 aliphatic rings. The van der Waals surface area contributed by atoms with Crippen LogP contribution in [-0.4, -0.2) is 56.4 Å². The summed E-state index contributed by atoms with van der Waals surface area (Å²) in [4.78, 5) is 43.2. The average molecular weight is 247 g/mol. The number of aliphatic carboxylic acids is 4. The first kappa shape index (κ1) is 12.9. The molecule has 17 heavy (non-hydrogen) atoms. The third kappa shape index (κ3) is 2.18. The molecule has 1 heterocycles. The molecule has 1 fully saturated rings. The van der Waals surface area contributed by atoms with Gasteiger partial charge in [-0.25, -0.2) is 0 Å². The second-order valence-corrected chi connectivity index (χ2v) is 3.53. The van der Waals surface area contributed by atoms with Crippen molar-refractivity contribution in [1.29, 1.82) is 0 Å². The van der Waals surface area contributed by atoms with Gasteiger partial charge < -0.3 is 20.4 Å². The van der Waals surface area contributed by atoms with Crippen molar-refractivity contribution in [2.24, 2.45) is 11.8 Å². The summed E-state index contributed by atoms with van der Waals surface area (Å²) in [7, 11) is 0. The lowest BCUT2D eigenvalue weighted by Crippen LogP contribution is -2.42. The molecule has 0 saturated carbocycles. The molecule has 9 heteroatoms. The molecule has 1 saturated heterocycles. The molecule has 0 aromatic heterocycles. The Bertz CT molecular complexity index is 355. The second kappa shape index (κ2) is 4.37. The van der Waals surface area contributed by atoms with Crippen molar-refractivity contribution in [2.75, 3.05) is 0 Å². The molecule has 4 unspecified atom stereocenters. The highest BCUT2D eigenvalue weighted by Gasteiger charge is 2.56. The fourth-order valence-corrected chi connectivity index (χ4v) is 1.86. The highest BCUT2D eigenvalue weighted by Crippen LogP contribution is 2.29. The zero-order chi connectivity index (χ0) is 13.3. The highest BCUT2D eigenvalue weighted by atomic mass is 16.4. The molecule has 0 aliphatic carbocycles. The van der Waals surface area contributed by atoms with Gasteiger partial charge in [-0.1, -0.05) is 0 Å². The molecule has 94 valence electrons. The summed E-state index contributed by atoms with van der Waals surface area (Å²) in [5, 5.41) is 37.0. The van der Waals surface area contributed by atoms with Crippen LogP contribution in [0, 0.1) is 11.8 Å². The van der Waals surface area contributed by atoms with Crippen LogP contribution >= 0.6 is 0 Å². The Morgan fingerprint density at radius 3 is 1.12 bits per heavy atom. The van der Waals surface area contributed by atoms with Gasteiger partial charge in [0.15, 0.2) is 0 Å². The number of nitrogens with one attached hydrogen (secondary N) is 1. The topological polar surface area (TPSA) is 161 Å². The van der Waals surface area contributed by atoms with Gasteiger partial charge in [-0.15, -0.1) is 0 Å². The van der Waals surface area contributed by atoms with E-state index in [1.54, 1.807) is 0 Å². The van der Waals surface area contributed by atoms with Crippen LogP contribution in [0.25, 0.3) is 0 Å². The summed E-state index contributed by atoms with van der Waals surface area (Å²) in [6, 6.07) is -3.48.